The monoisotopic (exact) mass is 240 g/mol. The van der Waals surface area contributed by atoms with E-state index in [1.807, 2.05) is 0 Å². The quantitative estimate of drug-likeness (QED) is 0.175. The van der Waals surface area contributed by atoms with Crippen molar-refractivity contribution in [3.05, 3.63) is 0 Å². The summed E-state index contributed by atoms with van der Waals surface area (Å²) in [6, 6.07) is 0. The molecule has 1 aliphatic heterocycles. The molecular formula is C4H12N6O6. The number of nitrogens with one attached hydrogen (secondary N) is 1. The van der Waals surface area contributed by atoms with Gasteiger partial charge >= 0.3 is 11.9 Å². The Morgan fingerprint density at radius 3 is 2.31 bits per heavy atom. The molecule has 0 aromatic heterocycles. The molecule has 1 rings (SSSR count). The van der Waals surface area contributed by atoms with Crippen LogP contribution in [-0.2, 0) is 0 Å². The van der Waals surface area contributed by atoms with Crippen LogP contribution in [0.5, 0.6) is 0 Å². The number of aliphatic hydroxyl groups is 2. The average molecular weight is 240 g/mol. The molecule has 0 saturated carbocycles. The van der Waals surface area contributed by atoms with Gasteiger partial charge in [-0.1, -0.05) is 5.06 Å². The van der Waals surface area contributed by atoms with Crippen molar-refractivity contribution in [3.8, 4) is 0 Å². The van der Waals surface area contributed by atoms with E-state index >= 15 is 0 Å². The molecule has 0 saturated heterocycles. The lowest BCUT2D eigenvalue weighted by atomic mass is 10.5. The van der Waals surface area contributed by atoms with Crippen molar-refractivity contribution in [2.75, 3.05) is 7.05 Å². The number of guanidine groups is 1. The van der Waals surface area contributed by atoms with Gasteiger partial charge in [0.2, 0.25) is 5.96 Å². The number of rotatable bonds is 2. The number of hydroxylamine groups is 7. The summed E-state index contributed by atoms with van der Waals surface area (Å²) in [7, 11) is 0.822. The molecule has 9 N–H and O–H groups in total. The number of aliphatic imine (C=N–C) groups is 1. The maximum Gasteiger partial charge on any atom is 0.337 e. The van der Waals surface area contributed by atoms with E-state index in [9.17, 15) is 20.6 Å². The van der Waals surface area contributed by atoms with Gasteiger partial charge in [0.25, 0.3) is 0 Å². The van der Waals surface area contributed by atoms with Crippen LogP contribution in [0.2, 0.25) is 0 Å². The predicted molar refractivity (Wildman–Crippen MR) is 43.2 cm³/mol. The summed E-state index contributed by atoms with van der Waals surface area (Å²) in [6.45, 7) is 0. The van der Waals surface area contributed by atoms with Crippen molar-refractivity contribution in [1.29, 1.82) is 0 Å². The van der Waals surface area contributed by atoms with Crippen LogP contribution < -0.4 is 11.2 Å². The van der Waals surface area contributed by atoms with Gasteiger partial charge in [-0.05, 0) is 0 Å². The molecular weight excluding hydrogens is 228 g/mol. The van der Waals surface area contributed by atoms with Gasteiger partial charge in [-0.25, -0.2) is 0 Å². The van der Waals surface area contributed by atoms with E-state index in [-0.39, 0.29) is 10.1 Å². The van der Waals surface area contributed by atoms with Crippen molar-refractivity contribution in [2.24, 2.45) is 10.7 Å². The summed E-state index contributed by atoms with van der Waals surface area (Å²) in [4.78, 5) is 3.02. The van der Waals surface area contributed by atoms with Gasteiger partial charge in [-0.2, -0.15) is 10.1 Å². The molecule has 0 fully saturated rings. The molecule has 0 amide bonds. The van der Waals surface area contributed by atoms with Crippen LogP contribution in [0.3, 0.4) is 0 Å². The number of nitrogens with two attached hydrogens (primary N) is 1. The Hall–Kier alpha value is -1.09. The van der Waals surface area contributed by atoms with Crippen molar-refractivity contribution in [3.63, 3.8) is 0 Å². The van der Waals surface area contributed by atoms with Gasteiger partial charge in [0.05, 0.1) is 0 Å². The molecule has 0 spiro atoms. The predicted octanol–water partition coefficient (Wildman–Crippen LogP) is -3.80. The zero-order chi connectivity index (χ0) is 12.7. The minimum atomic E-state index is -3.06. The van der Waals surface area contributed by atoms with Crippen LogP contribution in [0.1, 0.15) is 0 Å². The normalized spacial score (nSPS) is 36.8. The first kappa shape index (κ1) is 13.0. The molecule has 1 heterocycles. The average Bonchev–Trinajstić information content (AvgIpc) is 2.23. The Balaban J connectivity index is 3.29. The van der Waals surface area contributed by atoms with Gasteiger partial charge < -0.3 is 31.6 Å². The van der Waals surface area contributed by atoms with Crippen LogP contribution in [0, 0.1) is 0 Å². The number of hydrogen-bond acceptors (Lipinski definition) is 12. The van der Waals surface area contributed by atoms with E-state index in [1.165, 1.54) is 0 Å². The first-order valence-electron chi connectivity index (χ1n) is 3.82. The largest absolute Gasteiger partial charge is 0.368 e. The SMILES string of the molecule is CN(O)C1(O)N(O)C(N)=NC(O)(NO)N1O. The summed E-state index contributed by atoms with van der Waals surface area (Å²) < 4.78 is 0. The lowest BCUT2D eigenvalue weighted by Crippen LogP contribution is -2.79. The smallest absolute Gasteiger partial charge is 0.337 e. The highest BCUT2D eigenvalue weighted by Gasteiger charge is 2.59. The van der Waals surface area contributed by atoms with Gasteiger partial charge in [-0.15, -0.1) is 10.5 Å². The molecule has 12 nitrogen and oxygen atoms in total. The summed E-state index contributed by atoms with van der Waals surface area (Å²) >= 11 is 0. The molecule has 2 unspecified atom stereocenters. The molecule has 0 bridgehead atoms. The lowest BCUT2D eigenvalue weighted by Gasteiger charge is -2.49. The molecule has 1 aliphatic rings. The third kappa shape index (κ3) is 1.50. The van der Waals surface area contributed by atoms with Crippen LogP contribution >= 0.6 is 0 Å². The van der Waals surface area contributed by atoms with Gasteiger partial charge in [0, 0.05) is 7.05 Å². The van der Waals surface area contributed by atoms with Gasteiger partial charge in [0.1, 0.15) is 0 Å². The van der Waals surface area contributed by atoms with Gasteiger partial charge in [0.15, 0.2) is 0 Å². The third-order valence-electron chi connectivity index (χ3n) is 1.94. The van der Waals surface area contributed by atoms with Crippen molar-refractivity contribution in [1.82, 2.24) is 20.7 Å². The summed E-state index contributed by atoms with van der Waals surface area (Å²) in [5.41, 5.74) is 6.20. The maximum absolute atomic E-state index is 9.68. The zero-order valence-electron chi connectivity index (χ0n) is 8.05. The van der Waals surface area contributed by atoms with E-state index in [0.717, 1.165) is 12.5 Å². The Morgan fingerprint density at radius 2 is 1.94 bits per heavy atom. The number of hydrogen-bond donors (Lipinski definition) is 8. The van der Waals surface area contributed by atoms with Crippen LogP contribution in [0.4, 0.5) is 0 Å². The fourth-order valence-corrected chi connectivity index (χ4v) is 1.05. The summed E-state index contributed by atoms with van der Waals surface area (Å²) in [6.07, 6.45) is 0. The van der Waals surface area contributed by atoms with E-state index in [0.29, 0.717) is 0 Å². The lowest BCUT2D eigenvalue weighted by molar-refractivity contribution is -0.519. The molecule has 94 valence electrons. The summed E-state index contributed by atoms with van der Waals surface area (Å²) in [5, 5.41) is 54.5. The van der Waals surface area contributed by atoms with Crippen molar-refractivity contribution < 1.29 is 31.0 Å². The zero-order valence-corrected chi connectivity index (χ0v) is 8.05. The third-order valence-corrected chi connectivity index (χ3v) is 1.94. The molecule has 0 radical (unpaired) electrons. The van der Waals surface area contributed by atoms with E-state index in [4.69, 9.17) is 16.1 Å². The minimum Gasteiger partial charge on any atom is -0.368 e. The standard InChI is InChI=1S/C4H12N6O6/c1-8(14)4(12)9(15)2(5)6-3(11,7-13)10(4)16/h7,11-16H,1H3,(H2,5,6). The number of nitrogens with zero attached hydrogens (tertiary/aromatic N) is 4. The van der Waals surface area contributed by atoms with E-state index in [2.05, 4.69) is 4.99 Å². The fourth-order valence-electron chi connectivity index (χ4n) is 1.05. The Kier molecular flexibility index (Phi) is 3.03. The van der Waals surface area contributed by atoms with Crippen LogP contribution in [-0.4, -0.2) is 71.2 Å². The minimum absolute atomic E-state index is 0.100. The van der Waals surface area contributed by atoms with Crippen molar-refractivity contribution >= 4 is 5.96 Å². The Morgan fingerprint density at radius 1 is 1.44 bits per heavy atom. The second-order valence-corrected chi connectivity index (χ2v) is 2.96. The maximum atomic E-state index is 9.68. The van der Waals surface area contributed by atoms with E-state index < -0.39 is 23.0 Å². The first-order chi connectivity index (χ1) is 7.20. The van der Waals surface area contributed by atoms with E-state index in [1.54, 1.807) is 0 Å². The second-order valence-electron chi connectivity index (χ2n) is 2.96. The molecule has 0 aliphatic carbocycles. The van der Waals surface area contributed by atoms with Gasteiger partial charge in [-0.3, -0.25) is 5.21 Å². The molecule has 2 atom stereocenters. The molecule has 0 aromatic rings. The Labute approximate surface area is 88.5 Å². The highest BCUT2D eigenvalue weighted by molar-refractivity contribution is 5.78. The fraction of sp³-hybridized carbons (Fsp3) is 0.750. The Bertz CT molecular complexity index is 311. The summed E-state index contributed by atoms with van der Waals surface area (Å²) in [5.74, 6) is -6.90. The molecule has 16 heavy (non-hydrogen) atoms. The molecule has 12 heteroatoms. The van der Waals surface area contributed by atoms with Crippen molar-refractivity contribution in [2.45, 2.75) is 11.9 Å². The van der Waals surface area contributed by atoms with Crippen LogP contribution in [0.25, 0.3) is 0 Å². The topological polar surface area (TPSA) is 182 Å². The highest BCUT2D eigenvalue weighted by Crippen LogP contribution is 2.27. The van der Waals surface area contributed by atoms with Crippen LogP contribution in [0.15, 0.2) is 4.99 Å². The first-order valence-corrected chi connectivity index (χ1v) is 3.82. The second kappa shape index (κ2) is 3.74. The molecule has 0 aromatic carbocycles. The highest BCUT2D eigenvalue weighted by atomic mass is 16.7.